The largest absolute Gasteiger partial charge is 0.315 e. The molecule has 1 aromatic carbocycles. The molecule has 152 valence electrons. The number of hydrogen-bond acceptors (Lipinski definition) is 5. The number of thiol groups is 2. The van der Waals surface area contributed by atoms with E-state index >= 15 is 0 Å². The zero-order valence-corrected chi connectivity index (χ0v) is 18.9. The SMILES string of the molecule is CN1[C@@H]2CC[C@@H]1[C@@H](CN(CCS)CCNCCS)[C@@H](c1ccc(Cl)cc1)C2. The van der Waals surface area contributed by atoms with Gasteiger partial charge in [0, 0.05) is 61.3 Å². The quantitative estimate of drug-likeness (QED) is 0.391. The van der Waals surface area contributed by atoms with Crippen molar-refractivity contribution >= 4 is 36.9 Å². The van der Waals surface area contributed by atoms with Gasteiger partial charge in [0.1, 0.15) is 0 Å². The first kappa shape index (κ1) is 21.8. The maximum absolute atomic E-state index is 6.15. The minimum Gasteiger partial charge on any atom is -0.315 e. The fraction of sp³-hybridized carbons (Fsp3) is 0.714. The Bertz CT molecular complexity index is 571. The van der Waals surface area contributed by atoms with Crippen LogP contribution in [0.5, 0.6) is 0 Å². The van der Waals surface area contributed by atoms with Gasteiger partial charge in [-0.15, -0.1) is 0 Å². The molecule has 0 saturated carbocycles. The van der Waals surface area contributed by atoms with Crippen LogP contribution in [0.4, 0.5) is 0 Å². The summed E-state index contributed by atoms with van der Waals surface area (Å²) in [5, 5.41) is 4.32. The highest BCUT2D eigenvalue weighted by Gasteiger charge is 2.46. The van der Waals surface area contributed by atoms with Gasteiger partial charge in [-0.25, -0.2) is 0 Å². The molecule has 2 heterocycles. The summed E-state index contributed by atoms with van der Waals surface area (Å²) in [4.78, 5) is 5.27. The van der Waals surface area contributed by atoms with Gasteiger partial charge in [-0.05, 0) is 55.8 Å². The van der Waals surface area contributed by atoms with Crippen LogP contribution in [0.2, 0.25) is 5.02 Å². The van der Waals surface area contributed by atoms with Crippen LogP contribution in [0.25, 0.3) is 0 Å². The number of fused-ring (bicyclic) bond motifs is 2. The van der Waals surface area contributed by atoms with E-state index in [9.17, 15) is 0 Å². The molecule has 0 unspecified atom stereocenters. The van der Waals surface area contributed by atoms with Crippen molar-refractivity contribution in [3.05, 3.63) is 34.9 Å². The average molecular weight is 428 g/mol. The lowest BCUT2D eigenvalue weighted by molar-refractivity contribution is 0.0728. The van der Waals surface area contributed by atoms with Crippen molar-refractivity contribution in [3.8, 4) is 0 Å². The van der Waals surface area contributed by atoms with Crippen molar-refractivity contribution in [1.82, 2.24) is 15.1 Å². The fourth-order valence-electron chi connectivity index (χ4n) is 5.09. The van der Waals surface area contributed by atoms with E-state index in [4.69, 9.17) is 11.6 Å². The molecule has 0 aromatic heterocycles. The number of halogens is 1. The van der Waals surface area contributed by atoms with Gasteiger partial charge >= 0.3 is 0 Å². The molecule has 2 fully saturated rings. The third-order valence-electron chi connectivity index (χ3n) is 6.51. The zero-order chi connectivity index (χ0) is 19.2. The Labute approximate surface area is 181 Å². The zero-order valence-electron chi connectivity index (χ0n) is 16.4. The molecule has 4 atom stereocenters. The molecule has 0 amide bonds. The summed E-state index contributed by atoms with van der Waals surface area (Å²) in [7, 11) is 2.34. The Morgan fingerprint density at radius 1 is 1.11 bits per heavy atom. The van der Waals surface area contributed by atoms with Crippen molar-refractivity contribution in [1.29, 1.82) is 0 Å². The first-order valence-corrected chi connectivity index (χ1v) is 11.9. The highest BCUT2D eigenvalue weighted by molar-refractivity contribution is 7.80. The summed E-state index contributed by atoms with van der Waals surface area (Å²) in [6.45, 7) is 5.28. The lowest BCUT2D eigenvalue weighted by Crippen LogP contribution is -2.50. The van der Waals surface area contributed by atoms with Crippen LogP contribution in [-0.4, -0.2) is 73.2 Å². The molecule has 0 spiro atoms. The van der Waals surface area contributed by atoms with Gasteiger partial charge in [0.15, 0.2) is 0 Å². The molecule has 6 heteroatoms. The monoisotopic (exact) mass is 427 g/mol. The second kappa shape index (κ2) is 10.7. The molecule has 1 aromatic rings. The Morgan fingerprint density at radius 3 is 2.59 bits per heavy atom. The standard InChI is InChI=1S/C21H34ClN3S2/c1-24-18-6-7-21(24)20(15-25(11-13-27)10-8-23-9-12-26)19(14-18)16-2-4-17(22)5-3-16/h2-5,18-21,23,26-27H,6-15H2,1H3/t18-,19-,20+,21-/m1/s1. The van der Waals surface area contributed by atoms with Crippen molar-refractivity contribution < 1.29 is 0 Å². The first-order valence-electron chi connectivity index (χ1n) is 10.3. The molecular weight excluding hydrogens is 394 g/mol. The smallest absolute Gasteiger partial charge is 0.0406 e. The first-order chi connectivity index (χ1) is 13.1. The number of rotatable bonds is 10. The van der Waals surface area contributed by atoms with Crippen molar-refractivity contribution in [3.63, 3.8) is 0 Å². The van der Waals surface area contributed by atoms with Crippen molar-refractivity contribution in [2.24, 2.45) is 5.92 Å². The predicted octanol–water partition coefficient (Wildman–Crippen LogP) is 3.66. The lowest BCUT2D eigenvalue weighted by Gasteiger charge is -2.45. The molecule has 27 heavy (non-hydrogen) atoms. The molecule has 2 bridgehead atoms. The molecule has 2 aliphatic heterocycles. The summed E-state index contributed by atoms with van der Waals surface area (Å²) < 4.78 is 0. The summed E-state index contributed by atoms with van der Waals surface area (Å²) in [6, 6.07) is 10.0. The number of piperidine rings is 1. The normalized spacial score (nSPS) is 28.2. The Balaban J connectivity index is 1.73. The fourth-order valence-corrected chi connectivity index (χ4v) is 5.66. The number of benzene rings is 1. The van der Waals surface area contributed by atoms with Gasteiger partial charge in [0.05, 0.1) is 0 Å². The maximum atomic E-state index is 6.15. The van der Waals surface area contributed by atoms with Crippen LogP contribution >= 0.6 is 36.9 Å². The van der Waals surface area contributed by atoms with Gasteiger partial charge in [0.2, 0.25) is 0 Å². The summed E-state index contributed by atoms with van der Waals surface area (Å²) in [5.74, 6) is 3.10. The second-order valence-corrected chi connectivity index (χ2v) is 9.35. The highest BCUT2D eigenvalue weighted by Crippen LogP contribution is 2.46. The van der Waals surface area contributed by atoms with E-state index in [-0.39, 0.29) is 0 Å². The minimum absolute atomic E-state index is 0.629. The average Bonchev–Trinajstić information content (AvgIpc) is 2.91. The maximum Gasteiger partial charge on any atom is 0.0406 e. The number of hydrogen-bond donors (Lipinski definition) is 3. The van der Waals surface area contributed by atoms with Gasteiger partial charge in [-0.3, -0.25) is 0 Å². The number of nitrogens with zero attached hydrogens (tertiary/aromatic N) is 2. The van der Waals surface area contributed by atoms with Gasteiger partial charge in [-0.1, -0.05) is 23.7 Å². The van der Waals surface area contributed by atoms with E-state index in [0.717, 1.165) is 55.3 Å². The predicted molar refractivity (Wildman–Crippen MR) is 124 cm³/mol. The van der Waals surface area contributed by atoms with E-state index in [1.54, 1.807) is 0 Å². The number of nitrogens with one attached hydrogen (secondary N) is 1. The van der Waals surface area contributed by atoms with E-state index in [2.05, 4.69) is 71.7 Å². The summed E-state index contributed by atoms with van der Waals surface area (Å²) in [5.41, 5.74) is 1.47. The van der Waals surface area contributed by atoms with Crippen LogP contribution < -0.4 is 5.32 Å². The third kappa shape index (κ3) is 5.58. The highest BCUT2D eigenvalue weighted by atomic mass is 35.5. The molecule has 0 radical (unpaired) electrons. The summed E-state index contributed by atoms with van der Waals surface area (Å²) >= 11 is 15.0. The molecule has 2 saturated heterocycles. The van der Waals surface area contributed by atoms with E-state index in [0.29, 0.717) is 17.9 Å². The van der Waals surface area contributed by atoms with Gasteiger partial charge in [-0.2, -0.15) is 25.3 Å². The van der Waals surface area contributed by atoms with Crippen LogP contribution in [0.3, 0.4) is 0 Å². The molecular formula is C21H34ClN3S2. The van der Waals surface area contributed by atoms with E-state index < -0.39 is 0 Å². The van der Waals surface area contributed by atoms with Gasteiger partial charge < -0.3 is 15.1 Å². The third-order valence-corrected chi connectivity index (χ3v) is 7.18. The Morgan fingerprint density at radius 2 is 1.89 bits per heavy atom. The molecule has 3 rings (SSSR count). The van der Waals surface area contributed by atoms with Crippen LogP contribution in [-0.2, 0) is 0 Å². The topological polar surface area (TPSA) is 18.5 Å². The molecule has 3 nitrogen and oxygen atoms in total. The minimum atomic E-state index is 0.629. The lowest BCUT2D eigenvalue weighted by atomic mass is 9.76. The molecule has 1 N–H and O–H groups in total. The van der Waals surface area contributed by atoms with Crippen LogP contribution in [0.1, 0.15) is 30.7 Å². The Kier molecular flexibility index (Phi) is 8.67. The van der Waals surface area contributed by atoms with Crippen LogP contribution in [0.15, 0.2) is 24.3 Å². The second-order valence-electron chi connectivity index (χ2n) is 8.02. The molecule has 0 aliphatic carbocycles. The Hall–Kier alpha value is 0.0900. The van der Waals surface area contributed by atoms with Gasteiger partial charge in [0.25, 0.3) is 0 Å². The van der Waals surface area contributed by atoms with E-state index in [1.165, 1.54) is 24.8 Å². The van der Waals surface area contributed by atoms with E-state index in [1.807, 2.05) is 0 Å². The van der Waals surface area contributed by atoms with Crippen molar-refractivity contribution in [2.75, 3.05) is 51.3 Å². The van der Waals surface area contributed by atoms with Crippen LogP contribution in [0, 0.1) is 5.92 Å². The summed E-state index contributed by atoms with van der Waals surface area (Å²) in [6.07, 6.45) is 3.95. The molecule has 2 aliphatic rings. The van der Waals surface area contributed by atoms with Crippen molar-refractivity contribution in [2.45, 2.75) is 37.3 Å².